The summed E-state index contributed by atoms with van der Waals surface area (Å²) < 4.78 is 5.03. The summed E-state index contributed by atoms with van der Waals surface area (Å²) in [6.45, 7) is 10.6. The monoisotopic (exact) mass is 213 g/mol. The molecule has 0 aromatic heterocycles. The predicted molar refractivity (Wildman–Crippen MR) is 58.2 cm³/mol. The average Bonchev–Trinajstić information content (AvgIpc) is 2.11. The summed E-state index contributed by atoms with van der Waals surface area (Å²) >= 11 is 0. The summed E-state index contributed by atoms with van der Waals surface area (Å²) in [5, 5.41) is 2.54. The molecule has 1 unspecified atom stereocenters. The second-order valence-corrected chi connectivity index (χ2v) is 3.92. The minimum absolute atomic E-state index is 0.0138. The molecule has 0 saturated heterocycles. The van der Waals surface area contributed by atoms with Crippen molar-refractivity contribution in [2.75, 3.05) is 0 Å². The topological polar surface area (TPSA) is 55.4 Å². The molecule has 0 aromatic rings. The second-order valence-electron chi connectivity index (χ2n) is 3.92. The Morgan fingerprint density at radius 1 is 1.27 bits per heavy atom. The van der Waals surface area contributed by atoms with Gasteiger partial charge in [0.1, 0.15) is 6.04 Å². The predicted octanol–water partition coefficient (Wildman–Crippen LogP) is 1.26. The standard InChI is InChI=1S/C11H19NO3/c1-6-9(13)12-10(7(2)3)11(14)15-8(4)5/h6-8,10H,1H2,2-5H3,(H,12,13). The minimum Gasteiger partial charge on any atom is -0.461 e. The molecule has 1 atom stereocenters. The minimum atomic E-state index is -0.613. The van der Waals surface area contributed by atoms with Gasteiger partial charge in [-0.3, -0.25) is 4.79 Å². The van der Waals surface area contributed by atoms with E-state index in [0.29, 0.717) is 0 Å². The van der Waals surface area contributed by atoms with E-state index in [-0.39, 0.29) is 17.9 Å². The lowest BCUT2D eigenvalue weighted by Crippen LogP contribution is -2.45. The van der Waals surface area contributed by atoms with Crippen LogP contribution in [0.4, 0.5) is 0 Å². The van der Waals surface area contributed by atoms with E-state index in [9.17, 15) is 9.59 Å². The highest BCUT2D eigenvalue weighted by molar-refractivity contribution is 5.91. The SMILES string of the molecule is C=CC(=O)NC(C(=O)OC(C)C)C(C)C. The van der Waals surface area contributed by atoms with Crippen molar-refractivity contribution < 1.29 is 14.3 Å². The van der Waals surface area contributed by atoms with Crippen molar-refractivity contribution >= 4 is 11.9 Å². The van der Waals surface area contributed by atoms with Crippen LogP contribution in [0.3, 0.4) is 0 Å². The molecule has 0 aliphatic carbocycles. The van der Waals surface area contributed by atoms with Gasteiger partial charge in [0.25, 0.3) is 0 Å². The van der Waals surface area contributed by atoms with Crippen LogP contribution in [0.2, 0.25) is 0 Å². The number of esters is 1. The van der Waals surface area contributed by atoms with Crippen LogP contribution in [-0.4, -0.2) is 24.0 Å². The number of carbonyl (C=O) groups is 2. The van der Waals surface area contributed by atoms with E-state index >= 15 is 0 Å². The fourth-order valence-electron chi connectivity index (χ4n) is 1.02. The highest BCUT2D eigenvalue weighted by Crippen LogP contribution is 2.05. The molecule has 15 heavy (non-hydrogen) atoms. The first-order valence-electron chi connectivity index (χ1n) is 5.02. The summed E-state index contributed by atoms with van der Waals surface area (Å²) in [5.41, 5.74) is 0. The molecule has 4 heteroatoms. The van der Waals surface area contributed by atoms with Crippen molar-refractivity contribution in [1.29, 1.82) is 0 Å². The number of hydrogen-bond acceptors (Lipinski definition) is 3. The highest BCUT2D eigenvalue weighted by Gasteiger charge is 2.25. The van der Waals surface area contributed by atoms with E-state index in [1.807, 2.05) is 13.8 Å². The van der Waals surface area contributed by atoms with Crippen LogP contribution in [0.15, 0.2) is 12.7 Å². The molecule has 0 aliphatic heterocycles. The third-order valence-corrected chi connectivity index (χ3v) is 1.76. The molecule has 86 valence electrons. The summed E-state index contributed by atoms with van der Waals surface area (Å²) in [6.07, 6.45) is 0.956. The van der Waals surface area contributed by atoms with Gasteiger partial charge in [0.15, 0.2) is 0 Å². The Kier molecular flexibility index (Phi) is 5.67. The Morgan fingerprint density at radius 2 is 1.80 bits per heavy atom. The lowest BCUT2D eigenvalue weighted by atomic mass is 10.0. The van der Waals surface area contributed by atoms with Crippen LogP contribution in [0.1, 0.15) is 27.7 Å². The molecule has 0 fully saturated rings. The first kappa shape index (κ1) is 13.7. The molecule has 1 amide bonds. The quantitative estimate of drug-likeness (QED) is 0.552. The zero-order valence-corrected chi connectivity index (χ0v) is 9.74. The van der Waals surface area contributed by atoms with E-state index in [4.69, 9.17) is 4.74 Å². The van der Waals surface area contributed by atoms with Gasteiger partial charge in [-0.1, -0.05) is 20.4 Å². The van der Waals surface area contributed by atoms with Crippen molar-refractivity contribution in [2.24, 2.45) is 5.92 Å². The Labute approximate surface area is 90.7 Å². The number of carbonyl (C=O) groups excluding carboxylic acids is 2. The summed E-state index contributed by atoms with van der Waals surface area (Å²) in [5.74, 6) is -0.787. The maximum absolute atomic E-state index is 11.6. The lowest BCUT2D eigenvalue weighted by Gasteiger charge is -2.21. The van der Waals surface area contributed by atoms with Crippen molar-refractivity contribution in [2.45, 2.75) is 39.8 Å². The van der Waals surface area contributed by atoms with Crippen LogP contribution >= 0.6 is 0 Å². The van der Waals surface area contributed by atoms with Crippen molar-refractivity contribution in [3.63, 3.8) is 0 Å². The Morgan fingerprint density at radius 3 is 2.13 bits per heavy atom. The van der Waals surface area contributed by atoms with Gasteiger partial charge in [-0.15, -0.1) is 0 Å². The van der Waals surface area contributed by atoms with Crippen LogP contribution in [0, 0.1) is 5.92 Å². The Balaban J connectivity index is 4.45. The van der Waals surface area contributed by atoms with Crippen LogP contribution in [0.25, 0.3) is 0 Å². The fourth-order valence-corrected chi connectivity index (χ4v) is 1.02. The molecule has 0 radical (unpaired) electrons. The van der Waals surface area contributed by atoms with Crippen molar-refractivity contribution in [3.8, 4) is 0 Å². The maximum Gasteiger partial charge on any atom is 0.329 e. The Hall–Kier alpha value is -1.32. The van der Waals surface area contributed by atoms with Gasteiger partial charge < -0.3 is 10.1 Å². The smallest absolute Gasteiger partial charge is 0.329 e. The van der Waals surface area contributed by atoms with E-state index in [0.717, 1.165) is 6.08 Å². The van der Waals surface area contributed by atoms with E-state index in [1.165, 1.54) is 0 Å². The van der Waals surface area contributed by atoms with Gasteiger partial charge in [-0.05, 0) is 25.8 Å². The third kappa shape index (κ3) is 5.20. The normalized spacial score (nSPS) is 12.4. The zero-order valence-electron chi connectivity index (χ0n) is 9.74. The highest BCUT2D eigenvalue weighted by atomic mass is 16.5. The van der Waals surface area contributed by atoms with Crippen molar-refractivity contribution in [3.05, 3.63) is 12.7 Å². The van der Waals surface area contributed by atoms with E-state index in [2.05, 4.69) is 11.9 Å². The molecule has 0 spiro atoms. The molecular formula is C11H19NO3. The number of rotatable bonds is 5. The van der Waals surface area contributed by atoms with Gasteiger partial charge in [0, 0.05) is 0 Å². The Bertz CT molecular complexity index is 246. The number of nitrogens with one attached hydrogen (secondary N) is 1. The van der Waals surface area contributed by atoms with E-state index < -0.39 is 12.0 Å². The average molecular weight is 213 g/mol. The molecule has 4 nitrogen and oxygen atoms in total. The van der Waals surface area contributed by atoms with Gasteiger partial charge in [0.2, 0.25) is 5.91 Å². The van der Waals surface area contributed by atoms with Crippen LogP contribution < -0.4 is 5.32 Å². The van der Waals surface area contributed by atoms with E-state index in [1.54, 1.807) is 13.8 Å². The third-order valence-electron chi connectivity index (χ3n) is 1.76. The van der Waals surface area contributed by atoms with Gasteiger partial charge in [-0.2, -0.15) is 0 Å². The molecule has 0 heterocycles. The first-order chi connectivity index (χ1) is 6.88. The first-order valence-corrected chi connectivity index (χ1v) is 5.02. The summed E-state index contributed by atoms with van der Waals surface area (Å²) in [6, 6.07) is -0.613. The lowest BCUT2D eigenvalue weighted by molar-refractivity contribution is -0.152. The van der Waals surface area contributed by atoms with Gasteiger partial charge in [0.05, 0.1) is 6.10 Å². The number of ether oxygens (including phenoxy) is 1. The maximum atomic E-state index is 11.6. The molecular weight excluding hydrogens is 194 g/mol. The van der Waals surface area contributed by atoms with Gasteiger partial charge >= 0.3 is 5.97 Å². The van der Waals surface area contributed by atoms with Gasteiger partial charge in [-0.25, -0.2) is 4.79 Å². The molecule has 0 rings (SSSR count). The van der Waals surface area contributed by atoms with Crippen molar-refractivity contribution in [1.82, 2.24) is 5.32 Å². The van der Waals surface area contributed by atoms with Crippen LogP contribution in [-0.2, 0) is 14.3 Å². The molecule has 0 bridgehead atoms. The summed E-state index contributed by atoms with van der Waals surface area (Å²) in [4.78, 5) is 22.7. The molecule has 1 N–H and O–H groups in total. The largest absolute Gasteiger partial charge is 0.461 e. The molecule has 0 aromatic carbocycles. The zero-order chi connectivity index (χ0) is 12.0. The summed E-state index contributed by atoms with van der Waals surface area (Å²) in [7, 11) is 0. The molecule has 0 saturated carbocycles. The van der Waals surface area contributed by atoms with Crippen LogP contribution in [0.5, 0.6) is 0 Å². The number of hydrogen-bond donors (Lipinski definition) is 1. The fraction of sp³-hybridized carbons (Fsp3) is 0.636. The number of amides is 1. The second kappa shape index (κ2) is 6.22. The molecule has 0 aliphatic rings.